The molecule has 0 amide bonds. The predicted molar refractivity (Wildman–Crippen MR) is 121 cm³/mol. The maximum absolute atomic E-state index is 12.0. The van der Waals surface area contributed by atoms with Gasteiger partial charge in [-0.1, -0.05) is 24.3 Å². The quantitative estimate of drug-likeness (QED) is 0.414. The summed E-state index contributed by atoms with van der Waals surface area (Å²) in [5, 5.41) is 7.65. The molecule has 1 heterocycles. The molecular formula is C20H31N5O2S2. The highest BCUT2D eigenvalue weighted by Gasteiger charge is 2.12. The van der Waals surface area contributed by atoms with Gasteiger partial charge in [0.25, 0.3) is 0 Å². The average Bonchev–Trinajstić information content (AvgIpc) is 2.94. The zero-order chi connectivity index (χ0) is 21.4. The summed E-state index contributed by atoms with van der Waals surface area (Å²) in [6, 6.07) is 7.42. The molecule has 0 aliphatic rings. The lowest BCUT2D eigenvalue weighted by Crippen LogP contribution is -2.36. The standard InChI is InChI=1S/C20H31N5O2S2/c1-6-21-20(23-12-19-15(4)24-16(5)28-19)22-11-17-7-9-18(10-8-17)13-29(26,27)25-14(2)3/h7-10,14,25H,6,11-13H2,1-5H3,(H2,21,22,23). The van der Waals surface area contributed by atoms with E-state index in [1.807, 2.05) is 58.9 Å². The minimum Gasteiger partial charge on any atom is -0.357 e. The summed E-state index contributed by atoms with van der Waals surface area (Å²) >= 11 is 1.69. The Morgan fingerprint density at radius 3 is 2.34 bits per heavy atom. The maximum atomic E-state index is 12.0. The highest BCUT2D eigenvalue weighted by atomic mass is 32.2. The third-order valence-electron chi connectivity index (χ3n) is 3.97. The number of nitrogens with zero attached hydrogens (tertiary/aromatic N) is 2. The van der Waals surface area contributed by atoms with Crippen molar-refractivity contribution in [3.63, 3.8) is 0 Å². The summed E-state index contributed by atoms with van der Waals surface area (Å²) in [5.74, 6) is 0.720. The van der Waals surface area contributed by atoms with Gasteiger partial charge in [0, 0.05) is 17.5 Å². The van der Waals surface area contributed by atoms with Crippen LogP contribution in [0, 0.1) is 13.8 Å². The topological polar surface area (TPSA) is 95.5 Å². The minimum atomic E-state index is -3.32. The fourth-order valence-corrected chi connectivity index (χ4v) is 5.08. The first-order valence-electron chi connectivity index (χ1n) is 9.71. The van der Waals surface area contributed by atoms with Gasteiger partial charge in [-0.05, 0) is 45.7 Å². The lowest BCUT2D eigenvalue weighted by Gasteiger charge is -2.11. The summed E-state index contributed by atoms with van der Waals surface area (Å²) < 4.78 is 26.7. The van der Waals surface area contributed by atoms with Gasteiger partial charge in [0.15, 0.2) is 5.96 Å². The molecule has 0 atom stereocenters. The van der Waals surface area contributed by atoms with Crippen molar-refractivity contribution < 1.29 is 8.42 Å². The summed E-state index contributed by atoms with van der Waals surface area (Å²) in [7, 11) is -3.32. The third kappa shape index (κ3) is 8.12. The van der Waals surface area contributed by atoms with E-state index in [-0.39, 0.29) is 11.8 Å². The molecule has 0 aliphatic heterocycles. The van der Waals surface area contributed by atoms with Crippen LogP contribution >= 0.6 is 11.3 Å². The van der Waals surface area contributed by atoms with E-state index < -0.39 is 10.0 Å². The van der Waals surface area contributed by atoms with Crippen molar-refractivity contribution in [3.05, 3.63) is 51.0 Å². The average molecular weight is 438 g/mol. The van der Waals surface area contributed by atoms with Gasteiger partial charge in [0.05, 0.1) is 29.5 Å². The molecule has 3 N–H and O–H groups in total. The molecule has 0 unspecified atom stereocenters. The van der Waals surface area contributed by atoms with Gasteiger partial charge in [0.1, 0.15) is 0 Å². The number of rotatable bonds is 9. The smallest absolute Gasteiger partial charge is 0.216 e. The van der Waals surface area contributed by atoms with Gasteiger partial charge in [-0.15, -0.1) is 11.3 Å². The van der Waals surface area contributed by atoms with Crippen LogP contribution in [-0.4, -0.2) is 31.9 Å². The maximum Gasteiger partial charge on any atom is 0.216 e. The van der Waals surface area contributed by atoms with Crippen LogP contribution in [0.5, 0.6) is 0 Å². The predicted octanol–water partition coefficient (Wildman–Crippen LogP) is 2.84. The van der Waals surface area contributed by atoms with Crippen LogP contribution in [0.2, 0.25) is 0 Å². The molecule has 2 rings (SSSR count). The normalized spacial score (nSPS) is 12.4. The fourth-order valence-electron chi connectivity index (χ4n) is 2.77. The highest BCUT2D eigenvalue weighted by molar-refractivity contribution is 7.88. The van der Waals surface area contributed by atoms with E-state index in [4.69, 9.17) is 0 Å². The molecule has 7 nitrogen and oxygen atoms in total. The number of hydrogen-bond acceptors (Lipinski definition) is 5. The molecule has 160 valence electrons. The molecule has 1 aromatic heterocycles. The Bertz CT molecular complexity index is 919. The summed E-state index contributed by atoms with van der Waals surface area (Å²) in [6.45, 7) is 11.6. The van der Waals surface area contributed by atoms with E-state index in [9.17, 15) is 8.42 Å². The highest BCUT2D eigenvalue weighted by Crippen LogP contribution is 2.16. The number of hydrogen-bond donors (Lipinski definition) is 3. The number of nitrogens with one attached hydrogen (secondary N) is 3. The summed E-state index contributed by atoms with van der Waals surface area (Å²) in [5.41, 5.74) is 2.82. The van der Waals surface area contributed by atoms with E-state index in [1.165, 1.54) is 4.88 Å². The monoisotopic (exact) mass is 437 g/mol. The SMILES string of the molecule is CCNC(=NCc1ccc(CS(=O)(=O)NC(C)C)cc1)NCc1sc(C)nc1C. The number of guanidine groups is 1. The molecule has 0 radical (unpaired) electrons. The van der Waals surface area contributed by atoms with Crippen molar-refractivity contribution in [2.75, 3.05) is 6.54 Å². The van der Waals surface area contributed by atoms with Crippen molar-refractivity contribution >= 4 is 27.3 Å². The van der Waals surface area contributed by atoms with E-state index >= 15 is 0 Å². The van der Waals surface area contributed by atoms with Gasteiger partial charge in [-0.3, -0.25) is 0 Å². The molecule has 9 heteroatoms. The number of thiazole rings is 1. The Labute approximate surface area is 178 Å². The third-order valence-corrected chi connectivity index (χ3v) is 6.59. The zero-order valence-electron chi connectivity index (χ0n) is 17.7. The number of benzene rings is 1. The van der Waals surface area contributed by atoms with E-state index in [0.717, 1.165) is 34.3 Å². The molecule has 0 spiro atoms. The molecule has 2 aromatic rings. The number of aromatic nitrogens is 1. The molecule has 29 heavy (non-hydrogen) atoms. The molecule has 0 saturated heterocycles. The second-order valence-corrected chi connectivity index (χ2v) is 10.2. The first-order valence-corrected chi connectivity index (χ1v) is 12.2. The van der Waals surface area contributed by atoms with E-state index in [0.29, 0.717) is 13.1 Å². The van der Waals surface area contributed by atoms with Crippen LogP contribution in [-0.2, 0) is 28.9 Å². The second kappa shape index (κ2) is 10.7. The van der Waals surface area contributed by atoms with E-state index in [1.54, 1.807) is 11.3 Å². The molecule has 0 fully saturated rings. The summed E-state index contributed by atoms with van der Waals surface area (Å²) in [6.07, 6.45) is 0. The fraction of sp³-hybridized carbons (Fsp3) is 0.500. The van der Waals surface area contributed by atoms with Gasteiger partial charge < -0.3 is 10.6 Å². The Morgan fingerprint density at radius 2 is 1.79 bits per heavy atom. The molecule has 0 saturated carbocycles. The largest absolute Gasteiger partial charge is 0.357 e. The van der Waals surface area contributed by atoms with Crippen LogP contribution in [0.1, 0.15) is 47.5 Å². The Kier molecular flexibility index (Phi) is 8.60. The zero-order valence-corrected chi connectivity index (χ0v) is 19.4. The van der Waals surface area contributed by atoms with Gasteiger partial charge in [0.2, 0.25) is 10.0 Å². The van der Waals surface area contributed by atoms with Gasteiger partial charge in [-0.2, -0.15) is 0 Å². The van der Waals surface area contributed by atoms with Crippen LogP contribution < -0.4 is 15.4 Å². The lowest BCUT2D eigenvalue weighted by atomic mass is 10.1. The molecule has 0 aliphatic carbocycles. The van der Waals surface area contributed by atoms with Gasteiger partial charge >= 0.3 is 0 Å². The lowest BCUT2D eigenvalue weighted by molar-refractivity contribution is 0.569. The van der Waals surface area contributed by atoms with Crippen LogP contribution in [0.15, 0.2) is 29.3 Å². The number of aryl methyl sites for hydroxylation is 2. The van der Waals surface area contributed by atoms with Crippen molar-refractivity contribution in [1.82, 2.24) is 20.3 Å². The molecule has 1 aromatic carbocycles. The van der Waals surface area contributed by atoms with Crippen molar-refractivity contribution in [1.29, 1.82) is 0 Å². The Hall–Kier alpha value is -1.97. The Balaban J connectivity index is 1.97. The number of aliphatic imine (C=N–C) groups is 1. The minimum absolute atomic E-state index is 0.0213. The molecular weight excluding hydrogens is 406 g/mol. The first kappa shape index (κ1) is 23.3. The Morgan fingerprint density at radius 1 is 1.14 bits per heavy atom. The summed E-state index contributed by atoms with van der Waals surface area (Å²) in [4.78, 5) is 10.3. The van der Waals surface area contributed by atoms with Crippen LogP contribution in [0.25, 0.3) is 0 Å². The van der Waals surface area contributed by atoms with Crippen LogP contribution in [0.4, 0.5) is 0 Å². The van der Waals surface area contributed by atoms with Crippen molar-refractivity contribution in [3.8, 4) is 0 Å². The second-order valence-electron chi connectivity index (χ2n) is 7.14. The van der Waals surface area contributed by atoms with Gasteiger partial charge in [-0.25, -0.2) is 23.1 Å². The van der Waals surface area contributed by atoms with E-state index in [2.05, 4.69) is 25.3 Å². The number of sulfonamides is 1. The van der Waals surface area contributed by atoms with Crippen molar-refractivity contribution in [2.45, 2.75) is 59.5 Å². The first-order chi connectivity index (χ1) is 13.7. The van der Waals surface area contributed by atoms with Crippen molar-refractivity contribution in [2.24, 2.45) is 4.99 Å². The molecule has 0 bridgehead atoms. The van der Waals surface area contributed by atoms with Crippen LogP contribution in [0.3, 0.4) is 0 Å².